The van der Waals surface area contributed by atoms with Gasteiger partial charge in [-0.3, -0.25) is 0 Å². The highest BCUT2D eigenvalue weighted by Crippen LogP contribution is 2.18. The Bertz CT molecular complexity index is 402. The molecule has 4 heteroatoms. The topological polar surface area (TPSA) is 33.6 Å². The maximum atomic E-state index is 4.27. The monoisotopic (exact) mass is 193 g/mol. The first-order valence-electron chi connectivity index (χ1n) is 4.20. The van der Waals surface area contributed by atoms with E-state index in [9.17, 15) is 0 Å². The molecule has 1 N–H and O–H groups in total. The molecule has 0 aliphatic rings. The Morgan fingerprint density at radius 1 is 1.62 bits per heavy atom. The number of H-pyrrole nitrogens is 1. The second-order valence-electron chi connectivity index (χ2n) is 2.81. The molecule has 0 radical (unpaired) electrons. The molecule has 0 unspecified atom stereocenters. The molecule has 0 aliphatic heterocycles. The van der Waals surface area contributed by atoms with Gasteiger partial charge in [-0.1, -0.05) is 0 Å². The van der Waals surface area contributed by atoms with Crippen molar-refractivity contribution in [3.05, 3.63) is 24.7 Å². The standard InChI is InChI=1S/C9H11N3S/c1-2-12-4-3-10-9(12)8-5-7(13)6-11-8/h3-6,11,13H,2H2,1H3. The fourth-order valence-electron chi connectivity index (χ4n) is 1.32. The lowest BCUT2D eigenvalue weighted by atomic mass is 10.4. The molecule has 2 heterocycles. The molecular formula is C9H11N3S. The minimum atomic E-state index is 0.927. The molecular weight excluding hydrogens is 182 g/mol. The van der Waals surface area contributed by atoms with Crippen molar-refractivity contribution in [1.29, 1.82) is 0 Å². The molecule has 0 spiro atoms. The summed E-state index contributed by atoms with van der Waals surface area (Å²) in [6, 6.07) is 1.97. The summed E-state index contributed by atoms with van der Waals surface area (Å²) in [6.07, 6.45) is 5.62. The third-order valence-corrected chi connectivity index (χ3v) is 2.22. The second-order valence-corrected chi connectivity index (χ2v) is 3.32. The minimum absolute atomic E-state index is 0.927. The lowest BCUT2D eigenvalue weighted by Gasteiger charge is -2.00. The SMILES string of the molecule is CCn1ccnc1-c1cc(S)c[nH]1. The first-order valence-corrected chi connectivity index (χ1v) is 4.65. The number of hydrogen-bond donors (Lipinski definition) is 2. The van der Waals surface area contributed by atoms with E-state index in [1.54, 1.807) is 6.20 Å². The average molecular weight is 193 g/mol. The molecule has 0 aromatic carbocycles. The summed E-state index contributed by atoms with van der Waals surface area (Å²) in [7, 11) is 0. The van der Waals surface area contributed by atoms with Crippen molar-refractivity contribution >= 4 is 12.6 Å². The van der Waals surface area contributed by atoms with E-state index < -0.39 is 0 Å². The third kappa shape index (κ3) is 1.49. The molecule has 0 fully saturated rings. The molecule has 2 aromatic rings. The van der Waals surface area contributed by atoms with Crippen molar-refractivity contribution in [3.8, 4) is 11.5 Å². The zero-order valence-electron chi connectivity index (χ0n) is 7.36. The van der Waals surface area contributed by atoms with Gasteiger partial charge in [-0.25, -0.2) is 4.98 Å². The van der Waals surface area contributed by atoms with Gasteiger partial charge in [0.15, 0.2) is 5.82 Å². The van der Waals surface area contributed by atoms with Gasteiger partial charge in [-0.05, 0) is 13.0 Å². The Balaban J connectivity index is 2.45. The van der Waals surface area contributed by atoms with Crippen LogP contribution in [-0.2, 0) is 6.54 Å². The number of thiol groups is 1. The van der Waals surface area contributed by atoms with Crippen molar-refractivity contribution in [2.75, 3.05) is 0 Å². The first kappa shape index (κ1) is 8.44. The van der Waals surface area contributed by atoms with Crippen molar-refractivity contribution in [3.63, 3.8) is 0 Å². The number of aryl methyl sites for hydroxylation is 1. The van der Waals surface area contributed by atoms with Crippen LogP contribution in [0, 0.1) is 0 Å². The maximum absolute atomic E-state index is 4.27. The summed E-state index contributed by atoms with van der Waals surface area (Å²) < 4.78 is 2.08. The van der Waals surface area contributed by atoms with Gasteiger partial charge >= 0.3 is 0 Å². The third-order valence-electron chi connectivity index (χ3n) is 1.96. The highest BCUT2D eigenvalue weighted by molar-refractivity contribution is 7.80. The van der Waals surface area contributed by atoms with Gasteiger partial charge in [0, 0.05) is 30.0 Å². The zero-order chi connectivity index (χ0) is 9.26. The highest BCUT2D eigenvalue weighted by atomic mass is 32.1. The summed E-state index contributed by atoms with van der Waals surface area (Å²) in [5.41, 5.74) is 1.01. The number of hydrogen-bond acceptors (Lipinski definition) is 2. The molecule has 0 aliphatic carbocycles. The molecule has 2 rings (SSSR count). The molecule has 0 amide bonds. The van der Waals surface area contributed by atoms with Gasteiger partial charge in [0.25, 0.3) is 0 Å². The van der Waals surface area contributed by atoms with Crippen LogP contribution < -0.4 is 0 Å². The number of aromatic nitrogens is 3. The Morgan fingerprint density at radius 2 is 2.46 bits per heavy atom. The fraction of sp³-hybridized carbons (Fsp3) is 0.222. The van der Waals surface area contributed by atoms with E-state index in [1.165, 1.54) is 0 Å². The van der Waals surface area contributed by atoms with Crippen LogP contribution in [-0.4, -0.2) is 14.5 Å². The minimum Gasteiger partial charge on any atom is -0.358 e. The smallest absolute Gasteiger partial charge is 0.156 e. The quantitative estimate of drug-likeness (QED) is 0.704. The molecule has 2 aromatic heterocycles. The van der Waals surface area contributed by atoms with E-state index in [4.69, 9.17) is 0 Å². The van der Waals surface area contributed by atoms with Gasteiger partial charge in [0.1, 0.15) is 0 Å². The van der Waals surface area contributed by atoms with Crippen LogP contribution in [0.25, 0.3) is 11.5 Å². The van der Waals surface area contributed by atoms with Crippen LogP contribution in [0.4, 0.5) is 0 Å². The molecule has 68 valence electrons. The summed E-state index contributed by atoms with van der Waals surface area (Å²) in [4.78, 5) is 8.32. The van der Waals surface area contributed by atoms with Gasteiger partial charge < -0.3 is 9.55 Å². The van der Waals surface area contributed by atoms with Crippen LogP contribution in [0.1, 0.15) is 6.92 Å². The Labute approximate surface area is 82.2 Å². The molecule has 0 bridgehead atoms. The van der Waals surface area contributed by atoms with Crippen molar-refractivity contribution < 1.29 is 0 Å². The predicted molar refractivity (Wildman–Crippen MR) is 54.9 cm³/mol. The van der Waals surface area contributed by atoms with E-state index in [1.807, 2.05) is 18.5 Å². The predicted octanol–water partition coefficient (Wildman–Crippen LogP) is 2.19. The summed E-state index contributed by atoms with van der Waals surface area (Å²) in [5.74, 6) is 0.961. The number of imidazole rings is 1. The zero-order valence-corrected chi connectivity index (χ0v) is 8.25. The summed E-state index contributed by atoms with van der Waals surface area (Å²) in [5, 5.41) is 0. The molecule has 13 heavy (non-hydrogen) atoms. The van der Waals surface area contributed by atoms with Crippen LogP contribution in [0.15, 0.2) is 29.6 Å². The van der Waals surface area contributed by atoms with Crippen molar-refractivity contribution in [2.45, 2.75) is 18.4 Å². The van der Waals surface area contributed by atoms with Gasteiger partial charge in [-0.2, -0.15) is 0 Å². The number of nitrogens with zero attached hydrogens (tertiary/aromatic N) is 2. The molecule has 3 nitrogen and oxygen atoms in total. The van der Waals surface area contributed by atoms with Crippen LogP contribution in [0.3, 0.4) is 0 Å². The first-order chi connectivity index (χ1) is 6.31. The van der Waals surface area contributed by atoms with Crippen LogP contribution >= 0.6 is 12.6 Å². The van der Waals surface area contributed by atoms with Gasteiger partial charge in [0.05, 0.1) is 5.69 Å². The average Bonchev–Trinajstić information content (AvgIpc) is 2.71. The normalized spacial score (nSPS) is 10.6. The van der Waals surface area contributed by atoms with Crippen molar-refractivity contribution in [1.82, 2.24) is 14.5 Å². The highest BCUT2D eigenvalue weighted by Gasteiger charge is 2.05. The van der Waals surface area contributed by atoms with E-state index in [0.717, 1.165) is 23.0 Å². The van der Waals surface area contributed by atoms with E-state index in [2.05, 4.69) is 34.1 Å². The fourth-order valence-corrected chi connectivity index (χ4v) is 1.51. The summed E-state index contributed by atoms with van der Waals surface area (Å²) in [6.45, 7) is 3.02. The van der Waals surface area contributed by atoms with E-state index in [0.29, 0.717) is 0 Å². The van der Waals surface area contributed by atoms with E-state index in [-0.39, 0.29) is 0 Å². The molecule has 0 saturated carbocycles. The number of aromatic amines is 1. The Kier molecular flexibility index (Phi) is 2.14. The molecule has 0 atom stereocenters. The summed E-state index contributed by atoms with van der Waals surface area (Å²) >= 11 is 4.23. The largest absolute Gasteiger partial charge is 0.358 e. The van der Waals surface area contributed by atoms with Crippen LogP contribution in [0.5, 0.6) is 0 Å². The Morgan fingerprint density at radius 3 is 3.08 bits per heavy atom. The van der Waals surface area contributed by atoms with Gasteiger partial charge in [-0.15, -0.1) is 12.6 Å². The van der Waals surface area contributed by atoms with Crippen LogP contribution in [0.2, 0.25) is 0 Å². The maximum Gasteiger partial charge on any atom is 0.156 e. The van der Waals surface area contributed by atoms with Gasteiger partial charge in [0.2, 0.25) is 0 Å². The second kappa shape index (κ2) is 3.30. The lowest BCUT2D eigenvalue weighted by Crippen LogP contribution is -1.95. The number of rotatable bonds is 2. The lowest BCUT2D eigenvalue weighted by molar-refractivity contribution is 0.768. The van der Waals surface area contributed by atoms with Crippen molar-refractivity contribution in [2.24, 2.45) is 0 Å². The van der Waals surface area contributed by atoms with E-state index >= 15 is 0 Å². The molecule has 0 saturated heterocycles. The Hall–Kier alpha value is -1.16. The number of nitrogens with one attached hydrogen (secondary N) is 1.